The van der Waals surface area contributed by atoms with Crippen molar-refractivity contribution in [1.29, 1.82) is 0 Å². The van der Waals surface area contributed by atoms with Crippen molar-refractivity contribution >= 4 is 17.5 Å². The van der Waals surface area contributed by atoms with Gasteiger partial charge in [-0.15, -0.1) is 0 Å². The lowest BCUT2D eigenvalue weighted by Gasteiger charge is -2.35. The highest BCUT2D eigenvalue weighted by atomic mass is 16.6. The van der Waals surface area contributed by atoms with Gasteiger partial charge in [-0.1, -0.05) is 12.1 Å². The van der Waals surface area contributed by atoms with Crippen LogP contribution in [0.4, 0.5) is 16.2 Å². The van der Waals surface area contributed by atoms with Crippen molar-refractivity contribution in [2.24, 2.45) is 0 Å². The summed E-state index contributed by atoms with van der Waals surface area (Å²) >= 11 is 0. The summed E-state index contributed by atoms with van der Waals surface area (Å²) in [5, 5.41) is 3.36. The molecular formula is C14H20N2O2. The van der Waals surface area contributed by atoms with Crippen LogP contribution in [0.1, 0.15) is 27.7 Å². The molecule has 0 aromatic heterocycles. The number of hydrogen-bond acceptors (Lipinski definition) is 3. The summed E-state index contributed by atoms with van der Waals surface area (Å²) in [6.07, 6.45) is -0.289. The predicted molar refractivity (Wildman–Crippen MR) is 73.1 cm³/mol. The molecule has 4 nitrogen and oxygen atoms in total. The van der Waals surface area contributed by atoms with Gasteiger partial charge in [0.25, 0.3) is 0 Å². The van der Waals surface area contributed by atoms with Crippen LogP contribution in [-0.4, -0.2) is 24.3 Å². The van der Waals surface area contributed by atoms with Crippen molar-refractivity contribution in [3.05, 3.63) is 24.3 Å². The predicted octanol–water partition coefficient (Wildman–Crippen LogP) is 3.24. The summed E-state index contributed by atoms with van der Waals surface area (Å²) in [6, 6.07) is 8.00. The molecule has 4 heteroatoms. The third-order valence-electron chi connectivity index (χ3n) is 2.67. The Hall–Kier alpha value is -1.71. The van der Waals surface area contributed by atoms with Crippen LogP contribution < -0.4 is 10.2 Å². The van der Waals surface area contributed by atoms with Crippen molar-refractivity contribution in [3.63, 3.8) is 0 Å². The molecular weight excluding hydrogens is 228 g/mol. The molecule has 1 aromatic rings. The molecule has 0 unspecified atom stereocenters. The number of benzene rings is 1. The largest absolute Gasteiger partial charge is 0.443 e. The van der Waals surface area contributed by atoms with Crippen LogP contribution in [0.5, 0.6) is 0 Å². The number of hydrogen-bond donors (Lipinski definition) is 1. The van der Waals surface area contributed by atoms with Gasteiger partial charge in [-0.25, -0.2) is 4.79 Å². The number of amides is 1. The summed E-state index contributed by atoms with van der Waals surface area (Å²) in [6.45, 7) is 8.30. The van der Waals surface area contributed by atoms with E-state index in [1.807, 2.05) is 52.0 Å². The summed E-state index contributed by atoms with van der Waals surface area (Å²) in [5.41, 5.74) is 1.38. The zero-order valence-electron chi connectivity index (χ0n) is 11.4. The Morgan fingerprint density at radius 2 is 2.06 bits per heavy atom. The second kappa shape index (κ2) is 4.52. The van der Waals surface area contributed by atoms with Crippen LogP contribution >= 0.6 is 0 Å². The van der Waals surface area contributed by atoms with E-state index in [2.05, 4.69) is 5.32 Å². The summed E-state index contributed by atoms with van der Waals surface area (Å²) in [5.74, 6) is 0. The first-order valence-corrected chi connectivity index (χ1v) is 6.23. The molecule has 0 aliphatic carbocycles. The lowest BCUT2D eigenvalue weighted by Crippen LogP contribution is -2.45. The fourth-order valence-electron chi connectivity index (χ4n) is 2.00. The second-order valence-corrected chi connectivity index (χ2v) is 5.65. The van der Waals surface area contributed by atoms with Crippen molar-refractivity contribution in [2.45, 2.75) is 39.3 Å². The molecule has 1 N–H and O–H groups in total. The van der Waals surface area contributed by atoms with Gasteiger partial charge in [-0.2, -0.15) is 0 Å². The summed E-state index contributed by atoms with van der Waals surface area (Å²) < 4.78 is 5.44. The molecule has 0 fully saturated rings. The van der Waals surface area contributed by atoms with Gasteiger partial charge in [-0.05, 0) is 39.8 Å². The first-order chi connectivity index (χ1) is 8.37. The number of carbonyl (C=O) groups is 1. The van der Waals surface area contributed by atoms with Crippen LogP contribution in [0.15, 0.2) is 24.3 Å². The molecule has 1 heterocycles. The molecule has 1 atom stereocenters. The number of nitrogens with zero attached hydrogens (tertiary/aromatic N) is 1. The molecule has 1 amide bonds. The van der Waals surface area contributed by atoms with E-state index >= 15 is 0 Å². The van der Waals surface area contributed by atoms with E-state index in [0.29, 0.717) is 6.54 Å². The van der Waals surface area contributed by atoms with E-state index in [-0.39, 0.29) is 12.1 Å². The molecule has 2 rings (SSSR count). The molecule has 1 aliphatic heterocycles. The van der Waals surface area contributed by atoms with Gasteiger partial charge >= 0.3 is 6.09 Å². The molecule has 18 heavy (non-hydrogen) atoms. The Morgan fingerprint density at radius 3 is 2.72 bits per heavy atom. The zero-order chi connectivity index (χ0) is 13.3. The van der Waals surface area contributed by atoms with Crippen LogP contribution in [0.2, 0.25) is 0 Å². The number of ether oxygens (including phenoxy) is 1. The quantitative estimate of drug-likeness (QED) is 0.766. The molecule has 1 aliphatic rings. The van der Waals surface area contributed by atoms with Gasteiger partial charge in [-0.3, -0.25) is 4.90 Å². The average Bonchev–Trinajstić information content (AvgIpc) is 2.25. The van der Waals surface area contributed by atoms with E-state index < -0.39 is 5.60 Å². The standard InChI is InChI=1S/C14H20N2O2/c1-10-9-16(13(17)18-14(2,3)4)12-8-6-5-7-11(12)15-10/h5-8,10,15H,9H2,1-4H3/t10-/m1/s1. The summed E-state index contributed by atoms with van der Waals surface area (Å²) in [4.78, 5) is 13.9. The zero-order valence-corrected chi connectivity index (χ0v) is 11.4. The van der Waals surface area contributed by atoms with Crippen molar-refractivity contribution < 1.29 is 9.53 Å². The minimum absolute atomic E-state index is 0.215. The number of fused-ring (bicyclic) bond motifs is 1. The van der Waals surface area contributed by atoms with Crippen LogP contribution in [0.25, 0.3) is 0 Å². The highest BCUT2D eigenvalue weighted by molar-refractivity contribution is 5.93. The molecule has 0 bridgehead atoms. The lowest BCUT2D eigenvalue weighted by atomic mass is 10.1. The monoisotopic (exact) mass is 248 g/mol. The van der Waals surface area contributed by atoms with E-state index in [9.17, 15) is 4.79 Å². The van der Waals surface area contributed by atoms with Gasteiger partial charge in [0.2, 0.25) is 0 Å². The smallest absolute Gasteiger partial charge is 0.414 e. The first-order valence-electron chi connectivity index (χ1n) is 6.23. The summed E-state index contributed by atoms with van der Waals surface area (Å²) in [7, 11) is 0. The fraction of sp³-hybridized carbons (Fsp3) is 0.500. The minimum Gasteiger partial charge on any atom is -0.443 e. The number of carbonyl (C=O) groups excluding carboxylic acids is 1. The van der Waals surface area contributed by atoms with Crippen molar-refractivity contribution in [3.8, 4) is 0 Å². The third kappa shape index (κ3) is 2.75. The number of nitrogens with one attached hydrogen (secondary N) is 1. The van der Waals surface area contributed by atoms with Gasteiger partial charge in [0.15, 0.2) is 0 Å². The third-order valence-corrected chi connectivity index (χ3v) is 2.67. The Morgan fingerprint density at radius 1 is 1.39 bits per heavy atom. The second-order valence-electron chi connectivity index (χ2n) is 5.65. The van der Waals surface area contributed by atoms with E-state index in [1.165, 1.54) is 0 Å². The SMILES string of the molecule is C[C@@H]1CN(C(=O)OC(C)(C)C)c2ccccc2N1. The normalized spacial score (nSPS) is 18.9. The van der Waals surface area contributed by atoms with E-state index in [4.69, 9.17) is 4.74 Å². The number of rotatable bonds is 0. The maximum absolute atomic E-state index is 12.2. The number of anilines is 2. The topological polar surface area (TPSA) is 41.6 Å². The fourth-order valence-corrected chi connectivity index (χ4v) is 2.00. The lowest BCUT2D eigenvalue weighted by molar-refractivity contribution is 0.0578. The highest BCUT2D eigenvalue weighted by Gasteiger charge is 2.29. The minimum atomic E-state index is -0.472. The van der Waals surface area contributed by atoms with Crippen LogP contribution in [0, 0.1) is 0 Å². The van der Waals surface area contributed by atoms with Gasteiger partial charge in [0.05, 0.1) is 11.4 Å². The Kier molecular flexibility index (Phi) is 3.20. The molecule has 98 valence electrons. The van der Waals surface area contributed by atoms with Gasteiger partial charge in [0.1, 0.15) is 5.60 Å². The average molecular weight is 248 g/mol. The molecule has 1 aromatic carbocycles. The highest BCUT2D eigenvalue weighted by Crippen LogP contribution is 2.31. The molecule has 0 saturated carbocycles. The van der Waals surface area contributed by atoms with Crippen LogP contribution in [-0.2, 0) is 4.74 Å². The van der Waals surface area contributed by atoms with Crippen LogP contribution in [0.3, 0.4) is 0 Å². The molecule has 0 saturated heterocycles. The van der Waals surface area contributed by atoms with E-state index in [0.717, 1.165) is 11.4 Å². The van der Waals surface area contributed by atoms with E-state index in [1.54, 1.807) is 4.90 Å². The Labute approximate surface area is 108 Å². The van der Waals surface area contributed by atoms with Crippen molar-refractivity contribution in [2.75, 3.05) is 16.8 Å². The Balaban J connectivity index is 2.26. The first kappa shape index (κ1) is 12.7. The number of para-hydroxylation sites is 2. The molecule has 0 radical (unpaired) electrons. The Bertz CT molecular complexity index is 451. The van der Waals surface area contributed by atoms with Crippen molar-refractivity contribution in [1.82, 2.24) is 0 Å². The maximum atomic E-state index is 12.2. The maximum Gasteiger partial charge on any atom is 0.414 e. The molecule has 0 spiro atoms. The van der Waals surface area contributed by atoms with Gasteiger partial charge in [0, 0.05) is 12.6 Å². The van der Waals surface area contributed by atoms with Gasteiger partial charge < -0.3 is 10.1 Å².